The highest BCUT2D eigenvalue weighted by atomic mass is 16.5. The molecule has 2 aliphatic rings. The third-order valence-corrected chi connectivity index (χ3v) is 6.87. The lowest BCUT2D eigenvalue weighted by Gasteiger charge is -2.32. The molecule has 0 atom stereocenters. The molecule has 0 unspecified atom stereocenters. The summed E-state index contributed by atoms with van der Waals surface area (Å²) >= 11 is 0. The highest BCUT2D eigenvalue weighted by Gasteiger charge is 2.13. The van der Waals surface area contributed by atoms with Gasteiger partial charge in [-0.1, -0.05) is 37.5 Å². The van der Waals surface area contributed by atoms with Crippen molar-refractivity contribution in [1.82, 2.24) is 19.6 Å². The summed E-state index contributed by atoms with van der Waals surface area (Å²) in [5, 5.41) is 0. The summed E-state index contributed by atoms with van der Waals surface area (Å²) in [4.78, 5) is 21.7. The van der Waals surface area contributed by atoms with E-state index in [-0.39, 0.29) is 5.91 Å². The molecule has 0 N–H and O–H groups in total. The van der Waals surface area contributed by atoms with Crippen LogP contribution in [0.5, 0.6) is 0 Å². The van der Waals surface area contributed by atoms with Crippen molar-refractivity contribution in [2.75, 3.05) is 79.6 Å². The van der Waals surface area contributed by atoms with E-state index in [1.165, 1.54) is 77.9 Å². The van der Waals surface area contributed by atoms with Gasteiger partial charge < -0.3 is 19.4 Å². The highest BCUT2D eigenvalue weighted by molar-refractivity contribution is 5.75. The summed E-state index contributed by atoms with van der Waals surface area (Å²) in [6, 6.07) is 0. The number of unbranched alkanes of at least 4 members (excludes halogenated alkanes) is 2. The van der Waals surface area contributed by atoms with Crippen molar-refractivity contribution in [3.63, 3.8) is 0 Å². The molecule has 2 heterocycles. The average Bonchev–Trinajstić information content (AvgIpc) is 3.11. The van der Waals surface area contributed by atoms with E-state index in [1.54, 1.807) is 0 Å². The summed E-state index contributed by atoms with van der Waals surface area (Å²) in [5.74, 6) is 1.11. The van der Waals surface area contributed by atoms with Crippen molar-refractivity contribution in [3.05, 3.63) is 36.1 Å². The molecule has 0 spiro atoms. The minimum absolute atomic E-state index is 0.232. The Morgan fingerprint density at radius 2 is 1.62 bits per heavy atom. The van der Waals surface area contributed by atoms with Crippen molar-refractivity contribution in [2.24, 2.45) is 0 Å². The minimum atomic E-state index is 0.232. The summed E-state index contributed by atoms with van der Waals surface area (Å²) in [6.07, 6.45) is 19.3. The zero-order valence-electron chi connectivity index (χ0n) is 22.2. The Kier molecular flexibility index (Phi) is 14.9. The van der Waals surface area contributed by atoms with Crippen LogP contribution in [0.3, 0.4) is 0 Å². The van der Waals surface area contributed by atoms with Crippen LogP contribution >= 0.6 is 0 Å². The molecule has 6 nitrogen and oxygen atoms in total. The van der Waals surface area contributed by atoms with E-state index in [1.807, 2.05) is 49.3 Å². The summed E-state index contributed by atoms with van der Waals surface area (Å²) in [5.41, 5.74) is 0. The number of amides is 1. The number of likely N-dealkylation sites (tertiary alicyclic amines) is 1. The van der Waals surface area contributed by atoms with E-state index in [9.17, 15) is 4.79 Å². The number of hydrogen-bond acceptors (Lipinski definition) is 5. The molecule has 1 amide bonds. The van der Waals surface area contributed by atoms with Gasteiger partial charge in [-0.2, -0.15) is 0 Å². The van der Waals surface area contributed by atoms with Crippen LogP contribution in [0.25, 0.3) is 0 Å². The van der Waals surface area contributed by atoms with E-state index in [2.05, 4.69) is 21.7 Å². The molecule has 194 valence electrons. The second-order valence-electron chi connectivity index (χ2n) is 9.83. The molecule has 2 fully saturated rings. The van der Waals surface area contributed by atoms with Crippen molar-refractivity contribution < 1.29 is 9.53 Å². The molecule has 0 radical (unpaired) electrons. The molecule has 0 aromatic heterocycles. The molecule has 0 aromatic carbocycles. The topological polar surface area (TPSA) is 39.3 Å². The normalized spacial score (nSPS) is 19.7. The molecule has 0 aromatic rings. The predicted octanol–water partition coefficient (Wildman–Crippen LogP) is 4.16. The minimum Gasteiger partial charge on any atom is -0.492 e. The maximum atomic E-state index is 12.4. The number of rotatable bonds is 14. The molecule has 6 heteroatoms. The maximum Gasteiger partial charge on any atom is 0.222 e. The fourth-order valence-corrected chi connectivity index (χ4v) is 4.50. The predicted molar refractivity (Wildman–Crippen MR) is 143 cm³/mol. The van der Waals surface area contributed by atoms with Gasteiger partial charge in [-0.05, 0) is 71.4 Å². The van der Waals surface area contributed by atoms with E-state index in [0.717, 1.165) is 31.8 Å². The lowest BCUT2D eigenvalue weighted by atomic mass is 10.1. The van der Waals surface area contributed by atoms with Crippen molar-refractivity contribution >= 4 is 5.91 Å². The Labute approximate surface area is 209 Å². The van der Waals surface area contributed by atoms with Gasteiger partial charge in [0.15, 0.2) is 0 Å². The molecule has 0 bridgehead atoms. The Balaban J connectivity index is 1.58. The van der Waals surface area contributed by atoms with Crippen LogP contribution in [0.15, 0.2) is 36.1 Å². The molecule has 2 rings (SSSR count). The van der Waals surface area contributed by atoms with Crippen molar-refractivity contribution in [3.8, 4) is 0 Å². The first-order valence-electron chi connectivity index (χ1n) is 13.6. The third-order valence-electron chi connectivity index (χ3n) is 6.87. The second-order valence-corrected chi connectivity index (χ2v) is 9.83. The summed E-state index contributed by atoms with van der Waals surface area (Å²) in [7, 11) is 4.09. The van der Waals surface area contributed by atoms with Gasteiger partial charge in [0.1, 0.15) is 12.4 Å². The Morgan fingerprint density at radius 1 is 0.912 bits per heavy atom. The SMILES string of the molecule is C\C=C/C(=C\C=C\CN(C)C(=O)CCCCCN1CCN(C)CC1)OCCN1CCCCCC1. The maximum absolute atomic E-state index is 12.4. The quantitative estimate of drug-likeness (QED) is 0.215. The molecule has 34 heavy (non-hydrogen) atoms. The number of nitrogens with zero attached hydrogens (tertiary/aromatic N) is 4. The number of carbonyl (C=O) groups is 1. The standard InChI is InChI=1S/C28H50N4O2/c1-4-14-27(34-26-25-31-18-10-5-6-11-19-31)15-9-13-17-30(3)28(33)16-8-7-12-20-32-23-21-29(2)22-24-32/h4,9,13-15H,5-8,10-12,16-26H2,1-3H3/b13-9+,14-4-,27-15+. The fourth-order valence-electron chi connectivity index (χ4n) is 4.50. The highest BCUT2D eigenvalue weighted by Crippen LogP contribution is 2.10. The van der Waals surface area contributed by atoms with Gasteiger partial charge in [0.05, 0.1) is 0 Å². The molecule has 2 aliphatic heterocycles. The monoisotopic (exact) mass is 474 g/mol. The van der Waals surface area contributed by atoms with E-state index >= 15 is 0 Å². The lowest BCUT2D eigenvalue weighted by molar-refractivity contribution is -0.129. The van der Waals surface area contributed by atoms with Crippen LogP contribution in [-0.2, 0) is 9.53 Å². The van der Waals surface area contributed by atoms with Crippen LogP contribution < -0.4 is 0 Å². The first-order valence-corrected chi connectivity index (χ1v) is 13.6. The first kappa shape index (κ1) is 28.6. The first-order chi connectivity index (χ1) is 16.6. The molecule has 2 saturated heterocycles. The van der Waals surface area contributed by atoms with Gasteiger partial charge in [0.25, 0.3) is 0 Å². The third kappa shape index (κ3) is 12.7. The Hall–Kier alpha value is -1.63. The number of likely N-dealkylation sites (N-methyl/N-ethyl adjacent to an activating group) is 2. The van der Waals surface area contributed by atoms with Crippen molar-refractivity contribution in [2.45, 2.75) is 58.3 Å². The second kappa shape index (κ2) is 17.8. The van der Waals surface area contributed by atoms with Gasteiger partial charge in [-0.3, -0.25) is 9.69 Å². The van der Waals surface area contributed by atoms with Gasteiger partial charge in [0, 0.05) is 52.7 Å². The largest absolute Gasteiger partial charge is 0.492 e. The van der Waals surface area contributed by atoms with Crippen LogP contribution in [0.2, 0.25) is 0 Å². The number of allylic oxidation sites excluding steroid dienone is 4. The molecular formula is C28H50N4O2. The number of piperazine rings is 1. The van der Waals surface area contributed by atoms with Crippen LogP contribution in [0.4, 0.5) is 0 Å². The number of carbonyl (C=O) groups excluding carboxylic acids is 1. The zero-order valence-corrected chi connectivity index (χ0v) is 22.2. The molecule has 0 aliphatic carbocycles. The van der Waals surface area contributed by atoms with Crippen LogP contribution in [0.1, 0.15) is 58.3 Å². The smallest absolute Gasteiger partial charge is 0.222 e. The molecular weight excluding hydrogens is 424 g/mol. The molecule has 0 saturated carbocycles. The number of ether oxygens (including phenoxy) is 1. The Morgan fingerprint density at radius 3 is 2.32 bits per heavy atom. The number of hydrogen-bond donors (Lipinski definition) is 0. The van der Waals surface area contributed by atoms with Gasteiger partial charge in [-0.15, -0.1) is 0 Å². The fraction of sp³-hybridized carbons (Fsp3) is 0.750. The van der Waals surface area contributed by atoms with E-state index < -0.39 is 0 Å². The van der Waals surface area contributed by atoms with Gasteiger partial charge in [-0.25, -0.2) is 0 Å². The van der Waals surface area contributed by atoms with Crippen molar-refractivity contribution in [1.29, 1.82) is 0 Å². The lowest BCUT2D eigenvalue weighted by Crippen LogP contribution is -2.44. The zero-order chi connectivity index (χ0) is 24.4. The average molecular weight is 475 g/mol. The van der Waals surface area contributed by atoms with Gasteiger partial charge in [0.2, 0.25) is 5.91 Å². The van der Waals surface area contributed by atoms with Crippen LogP contribution in [0, 0.1) is 0 Å². The summed E-state index contributed by atoms with van der Waals surface area (Å²) in [6.45, 7) is 12.6. The summed E-state index contributed by atoms with van der Waals surface area (Å²) < 4.78 is 6.00. The van der Waals surface area contributed by atoms with Gasteiger partial charge >= 0.3 is 0 Å². The van der Waals surface area contributed by atoms with E-state index in [0.29, 0.717) is 13.0 Å². The Bertz CT molecular complexity index is 630. The van der Waals surface area contributed by atoms with E-state index in [4.69, 9.17) is 4.74 Å². The van der Waals surface area contributed by atoms with Crippen LogP contribution in [-0.4, -0.2) is 105 Å².